The number of fused-ring (bicyclic) bond motifs is 1. The lowest BCUT2D eigenvalue weighted by Gasteiger charge is -2.31. The Bertz CT molecular complexity index is 1300. The molecular formula is C29H28F3NO4. The van der Waals surface area contributed by atoms with Crippen molar-refractivity contribution in [1.29, 1.82) is 0 Å². The number of hydrogen-bond acceptors (Lipinski definition) is 5. The first-order chi connectivity index (χ1) is 17.7. The van der Waals surface area contributed by atoms with Gasteiger partial charge in [-0.15, -0.1) is 0 Å². The molecule has 3 aromatic rings. The minimum Gasteiger partial charge on any atom is -0.508 e. The zero-order chi connectivity index (χ0) is 26.2. The van der Waals surface area contributed by atoms with Crippen LogP contribution < -0.4 is 9.47 Å². The number of phenolic OH excluding ortho intramolecular Hbond substituents is 2. The number of rotatable bonds is 6. The number of aromatic hydroxyl groups is 2. The Kier molecular flexibility index (Phi) is 6.77. The van der Waals surface area contributed by atoms with E-state index in [1.165, 1.54) is 4.90 Å². The van der Waals surface area contributed by atoms with Crippen LogP contribution in [0.4, 0.5) is 13.2 Å². The maximum atomic E-state index is 13.6. The average molecular weight is 512 g/mol. The first kappa shape index (κ1) is 25.0. The zero-order valence-corrected chi connectivity index (χ0v) is 20.3. The monoisotopic (exact) mass is 511 g/mol. The number of halogens is 3. The molecule has 1 saturated heterocycles. The van der Waals surface area contributed by atoms with Gasteiger partial charge in [0.1, 0.15) is 41.8 Å². The molecule has 194 valence electrons. The lowest BCUT2D eigenvalue weighted by molar-refractivity contribution is -0.187. The first-order valence-electron chi connectivity index (χ1n) is 12.2. The van der Waals surface area contributed by atoms with Gasteiger partial charge < -0.3 is 19.7 Å². The smallest absolute Gasteiger partial charge is 0.407 e. The van der Waals surface area contributed by atoms with Gasteiger partial charge in [0, 0.05) is 11.1 Å². The summed E-state index contributed by atoms with van der Waals surface area (Å²) >= 11 is 0. The third-order valence-corrected chi connectivity index (χ3v) is 6.99. The first-order valence-corrected chi connectivity index (χ1v) is 12.2. The minimum atomic E-state index is -4.36. The molecule has 1 unspecified atom stereocenters. The van der Waals surface area contributed by atoms with Gasteiger partial charge >= 0.3 is 6.18 Å². The molecule has 2 aliphatic rings. The Hall–Kier alpha value is -3.65. The van der Waals surface area contributed by atoms with E-state index in [9.17, 15) is 23.4 Å². The van der Waals surface area contributed by atoms with Gasteiger partial charge in [0.15, 0.2) is 0 Å². The number of hydrogen-bond donors (Lipinski definition) is 2. The van der Waals surface area contributed by atoms with E-state index in [0.29, 0.717) is 24.6 Å². The number of benzene rings is 3. The van der Waals surface area contributed by atoms with E-state index < -0.39 is 24.9 Å². The molecule has 3 aromatic carbocycles. The van der Waals surface area contributed by atoms with Crippen LogP contribution in [0.1, 0.15) is 42.6 Å². The minimum absolute atomic E-state index is 0.110. The van der Waals surface area contributed by atoms with Crippen molar-refractivity contribution >= 4 is 11.1 Å². The standard InChI is InChI=1S/C29H28F3NO4/c1-18-24-16-22(35)9-12-25(24)37-28(27(18)20-5-4-6-21(34)15-20)19-7-10-23(11-8-19)36-17-26(29(30,31)32)33-13-2-3-14-33/h4-12,15-16,26,28,34-35H,2-3,13-14,17H2,1H3/t26-,28?/m1/s1. The van der Waals surface area contributed by atoms with E-state index in [4.69, 9.17) is 9.47 Å². The molecule has 2 atom stereocenters. The van der Waals surface area contributed by atoms with Crippen molar-refractivity contribution in [1.82, 2.24) is 4.90 Å². The summed E-state index contributed by atoms with van der Waals surface area (Å²) in [6.07, 6.45) is -3.37. The van der Waals surface area contributed by atoms with E-state index >= 15 is 0 Å². The number of phenols is 2. The van der Waals surface area contributed by atoms with Crippen molar-refractivity contribution in [2.75, 3.05) is 19.7 Å². The second-order valence-electron chi connectivity index (χ2n) is 9.45. The molecule has 2 N–H and O–H groups in total. The number of nitrogens with zero attached hydrogens (tertiary/aromatic N) is 1. The fourth-order valence-corrected chi connectivity index (χ4v) is 5.09. The molecule has 2 aliphatic heterocycles. The van der Waals surface area contributed by atoms with Gasteiger partial charge in [-0.2, -0.15) is 13.2 Å². The van der Waals surface area contributed by atoms with Gasteiger partial charge in [-0.3, -0.25) is 4.90 Å². The van der Waals surface area contributed by atoms with Crippen LogP contribution in [0.3, 0.4) is 0 Å². The Labute approximate surface area is 213 Å². The van der Waals surface area contributed by atoms with Crippen LogP contribution in [0.25, 0.3) is 11.1 Å². The topological polar surface area (TPSA) is 62.2 Å². The van der Waals surface area contributed by atoms with Crippen LogP contribution in [-0.4, -0.2) is 47.0 Å². The van der Waals surface area contributed by atoms with Crippen molar-refractivity contribution in [2.45, 2.75) is 38.1 Å². The lowest BCUT2D eigenvalue weighted by atomic mass is 9.86. The van der Waals surface area contributed by atoms with Crippen LogP contribution >= 0.6 is 0 Å². The Morgan fingerprint density at radius 3 is 2.35 bits per heavy atom. The molecule has 37 heavy (non-hydrogen) atoms. The molecule has 0 radical (unpaired) electrons. The average Bonchev–Trinajstić information content (AvgIpc) is 3.38. The van der Waals surface area contributed by atoms with E-state index in [2.05, 4.69) is 0 Å². The van der Waals surface area contributed by atoms with Crippen molar-refractivity contribution in [2.24, 2.45) is 0 Å². The van der Waals surface area contributed by atoms with Gasteiger partial charge in [-0.1, -0.05) is 24.3 Å². The summed E-state index contributed by atoms with van der Waals surface area (Å²) in [5.41, 5.74) is 3.97. The van der Waals surface area contributed by atoms with Gasteiger partial charge in [0.05, 0.1) is 0 Å². The number of ether oxygens (including phenoxy) is 2. The molecule has 8 heteroatoms. The fraction of sp³-hybridized carbons (Fsp3) is 0.310. The molecule has 0 amide bonds. The predicted octanol–water partition coefficient (Wildman–Crippen LogP) is 6.57. The normalized spacial score (nSPS) is 18.9. The molecule has 0 spiro atoms. The quantitative estimate of drug-likeness (QED) is 0.392. The summed E-state index contributed by atoms with van der Waals surface area (Å²) in [7, 11) is 0. The van der Waals surface area contributed by atoms with Gasteiger partial charge in [0.2, 0.25) is 0 Å². The Balaban J connectivity index is 1.42. The maximum absolute atomic E-state index is 13.6. The van der Waals surface area contributed by atoms with Crippen molar-refractivity contribution < 1.29 is 32.9 Å². The summed E-state index contributed by atoms with van der Waals surface area (Å²) in [5, 5.41) is 20.1. The number of likely N-dealkylation sites (tertiary alicyclic amines) is 1. The molecule has 0 saturated carbocycles. The van der Waals surface area contributed by atoms with Crippen molar-refractivity contribution in [3.63, 3.8) is 0 Å². The van der Waals surface area contributed by atoms with Gasteiger partial charge in [-0.25, -0.2) is 0 Å². The maximum Gasteiger partial charge on any atom is 0.407 e. The summed E-state index contributed by atoms with van der Waals surface area (Å²) in [6, 6.07) is 17.0. The van der Waals surface area contributed by atoms with Crippen LogP contribution in [0, 0.1) is 0 Å². The summed E-state index contributed by atoms with van der Waals surface area (Å²) < 4.78 is 52.8. The van der Waals surface area contributed by atoms with Crippen molar-refractivity contribution in [3.05, 3.63) is 83.4 Å². The summed E-state index contributed by atoms with van der Waals surface area (Å²) in [5.74, 6) is 1.17. The summed E-state index contributed by atoms with van der Waals surface area (Å²) in [6.45, 7) is 2.32. The molecule has 5 rings (SSSR count). The largest absolute Gasteiger partial charge is 0.508 e. The number of allylic oxidation sites excluding steroid dienone is 1. The van der Waals surface area contributed by atoms with Crippen LogP contribution in [0.5, 0.6) is 23.0 Å². The molecule has 5 nitrogen and oxygen atoms in total. The van der Waals surface area contributed by atoms with Crippen LogP contribution in [-0.2, 0) is 0 Å². The Morgan fingerprint density at radius 1 is 0.973 bits per heavy atom. The summed E-state index contributed by atoms with van der Waals surface area (Å²) in [4.78, 5) is 1.44. The third-order valence-electron chi connectivity index (χ3n) is 6.99. The second kappa shape index (κ2) is 10.0. The highest BCUT2D eigenvalue weighted by atomic mass is 19.4. The second-order valence-corrected chi connectivity index (χ2v) is 9.45. The zero-order valence-electron chi connectivity index (χ0n) is 20.3. The van der Waals surface area contributed by atoms with E-state index in [1.807, 2.05) is 13.0 Å². The molecule has 2 heterocycles. The highest BCUT2D eigenvalue weighted by Crippen LogP contribution is 2.47. The van der Waals surface area contributed by atoms with Crippen molar-refractivity contribution in [3.8, 4) is 23.0 Å². The highest BCUT2D eigenvalue weighted by molar-refractivity contribution is 5.95. The molecule has 0 aromatic heterocycles. The fourth-order valence-electron chi connectivity index (χ4n) is 5.09. The number of alkyl halides is 3. The highest BCUT2D eigenvalue weighted by Gasteiger charge is 2.44. The third kappa shape index (κ3) is 5.25. The molecular weight excluding hydrogens is 483 g/mol. The van der Waals surface area contributed by atoms with Crippen LogP contribution in [0.2, 0.25) is 0 Å². The lowest BCUT2D eigenvalue weighted by Crippen LogP contribution is -2.48. The molecule has 0 aliphatic carbocycles. The predicted molar refractivity (Wildman–Crippen MR) is 135 cm³/mol. The molecule has 1 fully saturated rings. The molecule has 0 bridgehead atoms. The van der Waals surface area contributed by atoms with Gasteiger partial charge in [-0.05, 0) is 92.0 Å². The van der Waals surface area contributed by atoms with E-state index in [0.717, 1.165) is 40.7 Å². The van der Waals surface area contributed by atoms with Crippen LogP contribution in [0.15, 0.2) is 66.7 Å². The van der Waals surface area contributed by atoms with E-state index in [1.54, 1.807) is 60.7 Å². The SMILES string of the molecule is CC1=C(c2cccc(O)c2)C(c2ccc(OC[C@@H](N3CCCC3)C(F)(F)F)cc2)Oc2ccc(O)cc21. The van der Waals surface area contributed by atoms with E-state index in [-0.39, 0.29) is 11.5 Å². The van der Waals surface area contributed by atoms with Gasteiger partial charge in [0.25, 0.3) is 0 Å². The Morgan fingerprint density at radius 2 is 1.68 bits per heavy atom.